The third-order valence-electron chi connectivity index (χ3n) is 10.0. The molecule has 0 bridgehead atoms. The maximum Gasteiger partial charge on any atom is 0.0586 e. The lowest BCUT2D eigenvalue weighted by Crippen LogP contribution is -2.14. The van der Waals surface area contributed by atoms with E-state index in [1.54, 1.807) is 0 Å². The molecule has 0 aliphatic heterocycles. The van der Waals surface area contributed by atoms with Gasteiger partial charge in [0.25, 0.3) is 0 Å². The van der Waals surface area contributed by atoms with Gasteiger partial charge in [-0.2, -0.15) is 10.0 Å². The zero-order valence-electron chi connectivity index (χ0n) is 25.8. The number of fused-ring (bicyclic) bond motifs is 6. The summed E-state index contributed by atoms with van der Waals surface area (Å²) in [6, 6.07) is 52.1. The Balaban J connectivity index is 1.34. The van der Waals surface area contributed by atoms with E-state index < -0.39 is 10.0 Å². The lowest BCUT2D eigenvalue weighted by Gasteiger charge is -2.39. The molecule has 8 rings (SSSR count). The average molecular weight is 588 g/mol. The van der Waals surface area contributed by atoms with E-state index in [4.69, 9.17) is 0 Å². The zero-order chi connectivity index (χ0) is 30.1. The molecule has 6 aromatic carbocycles. The Morgan fingerprint density at radius 1 is 0.545 bits per heavy atom. The molecule has 1 unspecified atom stereocenters. The van der Waals surface area contributed by atoms with Gasteiger partial charge in [0.05, 0.1) is 16.7 Å². The summed E-state index contributed by atoms with van der Waals surface area (Å²) < 4.78 is 2.50. The molecule has 2 heteroatoms. The van der Waals surface area contributed by atoms with Crippen LogP contribution in [0.2, 0.25) is 0 Å². The summed E-state index contributed by atoms with van der Waals surface area (Å²) in [7, 11) is -1.43. The first-order valence-corrected chi connectivity index (χ1v) is 17.8. The van der Waals surface area contributed by atoms with Crippen LogP contribution in [0, 0.1) is 0 Å². The van der Waals surface area contributed by atoms with Crippen LogP contribution in [0.5, 0.6) is 0 Å². The summed E-state index contributed by atoms with van der Waals surface area (Å²) in [5.41, 5.74) is 12.0. The molecule has 7 aromatic rings. The minimum Gasteiger partial charge on any atom is -0.308 e. The van der Waals surface area contributed by atoms with E-state index in [0.717, 1.165) is 5.75 Å². The second-order valence-corrected chi connectivity index (χ2v) is 16.3. The first kappa shape index (κ1) is 27.0. The highest BCUT2D eigenvalue weighted by Crippen LogP contribution is 2.64. The van der Waals surface area contributed by atoms with Crippen LogP contribution in [0.25, 0.3) is 49.7 Å². The fourth-order valence-corrected chi connectivity index (χ4v) is 10.5. The Labute approximate surface area is 262 Å². The minimum atomic E-state index is -1.43. The Kier molecular flexibility index (Phi) is 6.15. The normalized spacial score (nSPS) is 15.5. The fourth-order valence-electron chi connectivity index (χ4n) is 7.62. The molecular formula is C42H37NS. The van der Waals surface area contributed by atoms with Crippen molar-refractivity contribution in [3.05, 3.63) is 151 Å². The molecule has 0 amide bonds. The van der Waals surface area contributed by atoms with Gasteiger partial charge < -0.3 is 4.57 Å². The fraction of sp³-hybridized carbons (Fsp3) is 0.143. The van der Waals surface area contributed by atoms with E-state index in [1.165, 1.54) is 70.7 Å². The molecule has 1 heterocycles. The largest absolute Gasteiger partial charge is 0.308 e. The van der Waals surface area contributed by atoms with E-state index in [1.807, 2.05) is 0 Å². The number of hydrogen-bond acceptors (Lipinski definition) is 0. The maximum atomic E-state index is 2.52. The zero-order valence-corrected chi connectivity index (χ0v) is 26.7. The molecule has 0 saturated heterocycles. The highest BCUT2D eigenvalue weighted by Gasteiger charge is 2.35. The Bertz CT molecular complexity index is 2160. The summed E-state index contributed by atoms with van der Waals surface area (Å²) in [5, 5.41) is 2.60. The van der Waals surface area contributed by atoms with Gasteiger partial charge in [-0.1, -0.05) is 124 Å². The lowest BCUT2D eigenvalue weighted by molar-refractivity contribution is 0.660. The number of hydrogen-bond donors (Lipinski definition) is 0. The predicted molar refractivity (Wildman–Crippen MR) is 191 cm³/mol. The molecule has 44 heavy (non-hydrogen) atoms. The standard InChI is InChI=1S/C42H37NS/c1-5-44(4,41-25-15-13-23-39(41)43-37-21-11-7-18-32(37)33-19-8-12-22-38(33)43)40-24-14-9-16-30(40)29-26-27-36-34(28-29)31-17-6-10-20-35(31)42(36,2)3/h6-28H,5H2,1-4H3. The van der Waals surface area contributed by atoms with Gasteiger partial charge in [-0.3, -0.25) is 0 Å². The lowest BCUT2D eigenvalue weighted by atomic mass is 9.82. The molecule has 1 aliphatic carbocycles. The van der Waals surface area contributed by atoms with Crippen molar-refractivity contribution in [3.63, 3.8) is 0 Å². The average Bonchev–Trinajstić information content (AvgIpc) is 3.53. The van der Waals surface area contributed by atoms with Crippen molar-refractivity contribution in [2.24, 2.45) is 0 Å². The predicted octanol–water partition coefficient (Wildman–Crippen LogP) is 11.6. The van der Waals surface area contributed by atoms with Gasteiger partial charge in [0.2, 0.25) is 0 Å². The second-order valence-electron chi connectivity index (χ2n) is 12.6. The number of rotatable bonds is 5. The number of nitrogens with zero attached hydrogens (tertiary/aromatic N) is 1. The van der Waals surface area contributed by atoms with Gasteiger partial charge in [0.1, 0.15) is 0 Å². The van der Waals surface area contributed by atoms with Crippen molar-refractivity contribution in [2.45, 2.75) is 36.0 Å². The van der Waals surface area contributed by atoms with Crippen LogP contribution in [0.3, 0.4) is 0 Å². The summed E-state index contributed by atoms with van der Waals surface area (Å²) >= 11 is 0. The molecule has 216 valence electrons. The molecule has 1 nitrogen and oxygen atoms in total. The van der Waals surface area contributed by atoms with E-state index in [0.29, 0.717) is 0 Å². The van der Waals surface area contributed by atoms with Crippen molar-refractivity contribution < 1.29 is 0 Å². The van der Waals surface area contributed by atoms with Gasteiger partial charge in [-0.25, -0.2) is 0 Å². The molecule has 1 aliphatic rings. The number of aromatic nitrogens is 1. The second kappa shape index (κ2) is 10.0. The van der Waals surface area contributed by atoms with Crippen molar-refractivity contribution in [2.75, 3.05) is 12.0 Å². The van der Waals surface area contributed by atoms with Crippen LogP contribution in [0.15, 0.2) is 149 Å². The molecule has 1 aromatic heterocycles. The first-order chi connectivity index (χ1) is 21.4. The SMILES string of the molecule is CCS(C)(c1ccccc1-c1ccc2c(c1)-c1ccccc1C2(C)C)c1ccccc1-n1c2ccccc2c2ccccc21. The first-order valence-electron chi connectivity index (χ1n) is 15.6. The van der Waals surface area contributed by atoms with Crippen molar-refractivity contribution in [1.29, 1.82) is 0 Å². The summed E-state index contributed by atoms with van der Waals surface area (Å²) in [4.78, 5) is 2.87. The van der Waals surface area contributed by atoms with Crippen LogP contribution >= 0.6 is 10.0 Å². The van der Waals surface area contributed by atoms with Gasteiger partial charge in [-0.05, 0) is 81.8 Å². The van der Waals surface area contributed by atoms with Crippen molar-refractivity contribution in [1.82, 2.24) is 4.57 Å². The third-order valence-corrected chi connectivity index (χ3v) is 13.8. The molecule has 1 atom stereocenters. The van der Waals surface area contributed by atoms with Crippen molar-refractivity contribution in [3.8, 4) is 27.9 Å². The maximum absolute atomic E-state index is 2.52. The highest BCUT2D eigenvalue weighted by molar-refractivity contribution is 8.33. The molecule has 0 N–H and O–H groups in total. The van der Waals surface area contributed by atoms with Crippen LogP contribution in [-0.4, -0.2) is 16.6 Å². The Morgan fingerprint density at radius 3 is 1.80 bits per heavy atom. The molecule has 0 radical (unpaired) electrons. The molecule has 0 spiro atoms. The monoisotopic (exact) mass is 587 g/mol. The van der Waals surface area contributed by atoms with E-state index >= 15 is 0 Å². The van der Waals surface area contributed by atoms with Crippen LogP contribution in [0.1, 0.15) is 31.9 Å². The van der Waals surface area contributed by atoms with E-state index in [-0.39, 0.29) is 5.41 Å². The van der Waals surface area contributed by atoms with Crippen LogP contribution in [0.4, 0.5) is 0 Å². The van der Waals surface area contributed by atoms with Crippen molar-refractivity contribution >= 4 is 31.8 Å². The summed E-state index contributed by atoms with van der Waals surface area (Å²) in [6.45, 7) is 7.08. The topological polar surface area (TPSA) is 4.93 Å². The van der Waals surface area contributed by atoms with Gasteiger partial charge >= 0.3 is 0 Å². The van der Waals surface area contributed by atoms with Gasteiger partial charge in [-0.15, -0.1) is 0 Å². The van der Waals surface area contributed by atoms with E-state index in [9.17, 15) is 0 Å². The number of benzene rings is 6. The van der Waals surface area contributed by atoms with E-state index in [2.05, 4.69) is 171 Å². The third kappa shape index (κ3) is 3.80. The smallest absolute Gasteiger partial charge is 0.0586 e. The summed E-state index contributed by atoms with van der Waals surface area (Å²) in [6.07, 6.45) is 2.52. The van der Waals surface area contributed by atoms with Gasteiger partial charge in [0.15, 0.2) is 0 Å². The highest BCUT2D eigenvalue weighted by atomic mass is 32.3. The van der Waals surface area contributed by atoms with Crippen LogP contribution < -0.4 is 0 Å². The minimum absolute atomic E-state index is 0.00834. The molecule has 0 fully saturated rings. The number of para-hydroxylation sites is 3. The Hall–Kier alpha value is -4.53. The summed E-state index contributed by atoms with van der Waals surface area (Å²) in [5.74, 6) is 1.05. The van der Waals surface area contributed by atoms with Gasteiger partial charge in [0, 0.05) is 26.0 Å². The Morgan fingerprint density at radius 2 is 1.09 bits per heavy atom. The van der Waals surface area contributed by atoms with Crippen LogP contribution in [-0.2, 0) is 5.41 Å². The molecular weight excluding hydrogens is 551 g/mol. The quantitative estimate of drug-likeness (QED) is 0.189. The molecule has 0 saturated carbocycles.